The summed E-state index contributed by atoms with van der Waals surface area (Å²) >= 11 is 8.85. The number of nitrogens with one attached hydrogen (secondary N) is 1. The highest BCUT2D eigenvalue weighted by Crippen LogP contribution is 2.34. The summed E-state index contributed by atoms with van der Waals surface area (Å²) in [4.78, 5) is 18.3. The van der Waals surface area contributed by atoms with E-state index in [0.29, 0.717) is 16.4 Å². The van der Waals surface area contributed by atoms with Gasteiger partial charge in [-0.05, 0) is 41.5 Å². The van der Waals surface area contributed by atoms with Gasteiger partial charge in [-0.25, -0.2) is 4.98 Å². The second-order valence-electron chi connectivity index (χ2n) is 7.56. The molecular formula is C26H20N2O2S3. The first-order valence-corrected chi connectivity index (χ1v) is 12.6. The molecule has 1 aliphatic rings. The maximum Gasteiger partial charge on any atom is 0.193 e. The Balaban J connectivity index is 1.38. The normalized spacial score (nSPS) is 17.0. The number of hydrogen-bond acceptors (Lipinski definition) is 6. The fraction of sp³-hybridized carbons (Fsp3) is 0.115. The first-order chi connectivity index (χ1) is 16.1. The lowest BCUT2D eigenvalue weighted by Crippen LogP contribution is -2.15. The Kier molecular flexibility index (Phi) is 6.26. The largest absolute Gasteiger partial charge is 0.496 e. The van der Waals surface area contributed by atoms with Gasteiger partial charge in [0, 0.05) is 11.3 Å². The summed E-state index contributed by atoms with van der Waals surface area (Å²) in [6.45, 7) is 0. The van der Waals surface area contributed by atoms with Crippen molar-refractivity contribution in [1.29, 1.82) is 0 Å². The van der Waals surface area contributed by atoms with Crippen LogP contribution in [0, 0.1) is 0 Å². The van der Waals surface area contributed by atoms with E-state index in [4.69, 9.17) is 21.9 Å². The zero-order valence-electron chi connectivity index (χ0n) is 17.8. The van der Waals surface area contributed by atoms with E-state index in [1.165, 1.54) is 4.70 Å². The Bertz CT molecular complexity index is 1350. The first-order valence-electron chi connectivity index (χ1n) is 10.4. The molecule has 1 N–H and O–H groups in total. The fourth-order valence-electron chi connectivity index (χ4n) is 3.82. The standard InChI is InChI=1S/C26H20N2O2S3/c1-30-21-12-11-16(13-18(21)15-32-26-28-19-9-5-6-10-22(19)33-26)14-20-24(29)23(25(31)27-20)17-7-3-2-4-8-17/h2-14,23H,15H2,1H3,(H,27,31)/b20-14-/t23-/m1/s1. The number of nitrogens with zero attached hydrogens (tertiary/aromatic N) is 1. The monoisotopic (exact) mass is 488 g/mol. The number of carbonyl (C=O) groups is 1. The van der Waals surface area contributed by atoms with Crippen LogP contribution in [0.2, 0.25) is 0 Å². The maximum atomic E-state index is 13.1. The van der Waals surface area contributed by atoms with Crippen LogP contribution in [0.4, 0.5) is 0 Å². The molecule has 4 aromatic rings. The molecule has 1 fully saturated rings. The molecule has 7 heteroatoms. The topological polar surface area (TPSA) is 51.2 Å². The Morgan fingerprint density at radius 1 is 1.12 bits per heavy atom. The number of thiocarbonyl (C=S) groups is 1. The van der Waals surface area contributed by atoms with Crippen molar-refractivity contribution in [3.63, 3.8) is 0 Å². The van der Waals surface area contributed by atoms with Crippen LogP contribution < -0.4 is 10.1 Å². The van der Waals surface area contributed by atoms with Gasteiger partial charge in [0.15, 0.2) is 10.1 Å². The number of para-hydroxylation sites is 1. The van der Waals surface area contributed by atoms with Crippen molar-refractivity contribution in [2.75, 3.05) is 7.11 Å². The van der Waals surface area contributed by atoms with Crippen LogP contribution in [-0.2, 0) is 10.5 Å². The molecule has 1 saturated heterocycles. The molecule has 0 unspecified atom stereocenters. The highest BCUT2D eigenvalue weighted by molar-refractivity contribution is 8.00. The van der Waals surface area contributed by atoms with Gasteiger partial charge in [0.25, 0.3) is 0 Å². The Morgan fingerprint density at radius 2 is 1.91 bits per heavy atom. The number of methoxy groups -OCH3 is 1. The van der Waals surface area contributed by atoms with Crippen LogP contribution in [0.25, 0.3) is 16.3 Å². The minimum atomic E-state index is -0.431. The van der Waals surface area contributed by atoms with E-state index >= 15 is 0 Å². The molecule has 0 amide bonds. The molecule has 4 nitrogen and oxygen atoms in total. The number of thiazole rings is 1. The zero-order valence-corrected chi connectivity index (χ0v) is 20.2. The van der Waals surface area contributed by atoms with E-state index in [-0.39, 0.29) is 5.78 Å². The Morgan fingerprint density at radius 3 is 2.70 bits per heavy atom. The summed E-state index contributed by atoms with van der Waals surface area (Å²) in [5.41, 5.74) is 4.41. The molecule has 0 radical (unpaired) electrons. The molecule has 0 aliphatic carbocycles. The number of carbonyl (C=O) groups excluding carboxylic acids is 1. The van der Waals surface area contributed by atoms with E-state index in [0.717, 1.165) is 32.3 Å². The lowest BCUT2D eigenvalue weighted by molar-refractivity contribution is -0.115. The van der Waals surface area contributed by atoms with E-state index in [9.17, 15) is 4.79 Å². The fourth-order valence-corrected chi connectivity index (χ4v) is 6.22. The number of ketones is 1. The van der Waals surface area contributed by atoms with E-state index in [1.807, 2.05) is 66.7 Å². The van der Waals surface area contributed by atoms with Gasteiger partial charge >= 0.3 is 0 Å². The number of fused-ring (bicyclic) bond motifs is 1. The molecular weight excluding hydrogens is 468 g/mol. The highest BCUT2D eigenvalue weighted by atomic mass is 32.2. The van der Waals surface area contributed by atoms with Crippen molar-refractivity contribution in [2.45, 2.75) is 16.0 Å². The van der Waals surface area contributed by atoms with Gasteiger partial charge in [-0.2, -0.15) is 0 Å². The van der Waals surface area contributed by atoms with Crippen LogP contribution in [0.5, 0.6) is 5.75 Å². The molecule has 5 rings (SSSR count). The second kappa shape index (κ2) is 9.47. The van der Waals surface area contributed by atoms with Crippen LogP contribution >= 0.6 is 35.3 Å². The number of Topliss-reactive ketones (excluding diaryl/α,β-unsaturated/α-hetero) is 1. The summed E-state index contributed by atoms with van der Waals surface area (Å²) in [5, 5.41) is 3.12. The summed E-state index contributed by atoms with van der Waals surface area (Å²) in [6.07, 6.45) is 1.86. The van der Waals surface area contributed by atoms with Gasteiger partial charge in [-0.3, -0.25) is 4.79 Å². The van der Waals surface area contributed by atoms with Crippen molar-refractivity contribution < 1.29 is 9.53 Å². The minimum absolute atomic E-state index is 0.00702. The highest BCUT2D eigenvalue weighted by Gasteiger charge is 2.35. The predicted octanol–water partition coefficient (Wildman–Crippen LogP) is 6.22. The number of benzene rings is 3. The quantitative estimate of drug-likeness (QED) is 0.197. The lowest BCUT2D eigenvalue weighted by atomic mass is 9.96. The summed E-state index contributed by atoms with van der Waals surface area (Å²) in [5.74, 6) is 1.09. The van der Waals surface area contributed by atoms with Gasteiger partial charge in [0.1, 0.15) is 5.75 Å². The third-order valence-corrected chi connectivity index (χ3v) is 7.99. The summed E-state index contributed by atoms with van der Waals surface area (Å²) < 4.78 is 7.78. The first kappa shape index (κ1) is 21.8. The molecule has 2 heterocycles. The Hall–Kier alpha value is -3.00. The Labute approximate surface area is 205 Å². The van der Waals surface area contributed by atoms with Gasteiger partial charge in [0.05, 0.1) is 33.9 Å². The minimum Gasteiger partial charge on any atom is -0.496 e. The van der Waals surface area contributed by atoms with Crippen molar-refractivity contribution in [1.82, 2.24) is 10.3 Å². The third kappa shape index (κ3) is 4.57. The lowest BCUT2D eigenvalue weighted by Gasteiger charge is -2.09. The van der Waals surface area contributed by atoms with Gasteiger partial charge in [-0.15, -0.1) is 11.3 Å². The van der Waals surface area contributed by atoms with Crippen LogP contribution in [0.15, 0.2) is 82.8 Å². The molecule has 1 aliphatic heterocycles. The van der Waals surface area contributed by atoms with Crippen molar-refractivity contribution in [3.8, 4) is 5.75 Å². The van der Waals surface area contributed by atoms with E-state index in [1.54, 1.807) is 30.2 Å². The van der Waals surface area contributed by atoms with Gasteiger partial charge in [-0.1, -0.05) is 72.5 Å². The molecule has 33 heavy (non-hydrogen) atoms. The molecule has 3 aromatic carbocycles. The molecule has 1 atom stereocenters. The maximum absolute atomic E-state index is 13.1. The van der Waals surface area contributed by atoms with E-state index in [2.05, 4.69) is 17.4 Å². The molecule has 1 aromatic heterocycles. The van der Waals surface area contributed by atoms with Crippen molar-refractivity contribution in [2.24, 2.45) is 0 Å². The van der Waals surface area contributed by atoms with E-state index < -0.39 is 5.92 Å². The average molecular weight is 489 g/mol. The second-order valence-corrected chi connectivity index (χ2v) is 10.3. The number of hydrogen-bond donors (Lipinski definition) is 1. The van der Waals surface area contributed by atoms with Crippen LogP contribution in [0.3, 0.4) is 0 Å². The summed E-state index contributed by atoms with van der Waals surface area (Å²) in [7, 11) is 1.67. The third-order valence-electron chi connectivity index (χ3n) is 5.42. The molecule has 0 bridgehead atoms. The molecule has 0 spiro atoms. The average Bonchev–Trinajstić information content (AvgIpc) is 3.38. The number of aromatic nitrogens is 1. The molecule has 164 valence electrons. The smallest absolute Gasteiger partial charge is 0.193 e. The number of thioether (sulfide) groups is 1. The predicted molar refractivity (Wildman–Crippen MR) is 140 cm³/mol. The van der Waals surface area contributed by atoms with Crippen LogP contribution in [0.1, 0.15) is 22.6 Å². The van der Waals surface area contributed by atoms with Crippen molar-refractivity contribution >= 4 is 62.4 Å². The SMILES string of the molecule is COc1ccc(/C=C2\NC(=S)[C@H](c3ccccc3)C2=O)cc1CSc1nc2ccccc2s1. The number of allylic oxidation sites excluding steroid dienone is 1. The van der Waals surface area contributed by atoms with Gasteiger partial charge in [0.2, 0.25) is 0 Å². The van der Waals surface area contributed by atoms with Gasteiger partial charge < -0.3 is 10.1 Å². The summed E-state index contributed by atoms with van der Waals surface area (Å²) in [6, 6.07) is 23.7. The number of ether oxygens (including phenoxy) is 1. The van der Waals surface area contributed by atoms with Crippen molar-refractivity contribution in [3.05, 3.63) is 95.2 Å². The number of rotatable bonds is 6. The zero-order chi connectivity index (χ0) is 22.8. The van der Waals surface area contributed by atoms with Crippen LogP contribution in [-0.4, -0.2) is 22.9 Å². The molecule has 0 saturated carbocycles.